The molecule has 0 aromatic rings. The van der Waals surface area contributed by atoms with E-state index in [9.17, 15) is 0 Å². The van der Waals surface area contributed by atoms with Crippen molar-refractivity contribution in [1.29, 1.82) is 0 Å². The topological polar surface area (TPSA) is 58.5 Å². The predicted octanol–water partition coefficient (Wildman–Crippen LogP) is 9.22. The summed E-state index contributed by atoms with van der Waals surface area (Å²) < 4.78 is 26.4. The number of ether oxygens (including phenoxy) is 1. The molecule has 4 aliphatic carbocycles. The minimum Gasteiger partial charge on any atom is -0.504 e. The first-order valence-corrected chi connectivity index (χ1v) is 27.4. The van der Waals surface area contributed by atoms with E-state index in [1.807, 2.05) is 6.26 Å². The fourth-order valence-corrected chi connectivity index (χ4v) is 13.6. The maximum Gasteiger partial charge on any atom is 0.184 e. The van der Waals surface area contributed by atoms with Crippen LogP contribution in [0.4, 0.5) is 0 Å². The van der Waals surface area contributed by atoms with E-state index in [2.05, 4.69) is 72.8 Å². The molecule has 0 heterocycles. The van der Waals surface area contributed by atoms with Gasteiger partial charge in [-0.25, -0.2) is 0 Å². The minimum atomic E-state index is -1.95. The molecule has 6 nitrogen and oxygen atoms in total. The van der Waals surface area contributed by atoms with Crippen molar-refractivity contribution in [2.24, 2.45) is 39.7 Å². The summed E-state index contributed by atoms with van der Waals surface area (Å²) in [5.74, 6) is 2.32. The Labute approximate surface area is 267 Å². The highest BCUT2D eigenvalue weighted by atomic mass is 28.4. The van der Waals surface area contributed by atoms with Crippen LogP contribution in [0.1, 0.15) is 71.6 Å². The lowest BCUT2D eigenvalue weighted by atomic mass is 9.43. The minimum absolute atomic E-state index is 0.0866. The van der Waals surface area contributed by atoms with Crippen molar-refractivity contribution in [1.82, 2.24) is 0 Å². The lowest BCUT2D eigenvalue weighted by molar-refractivity contribution is -0.104. The Morgan fingerprint density at radius 3 is 2.16 bits per heavy atom. The van der Waals surface area contributed by atoms with E-state index in [-0.39, 0.29) is 16.4 Å². The van der Waals surface area contributed by atoms with Crippen LogP contribution in [0, 0.1) is 34.5 Å². The zero-order chi connectivity index (χ0) is 32.1. The molecule has 0 saturated heterocycles. The van der Waals surface area contributed by atoms with E-state index < -0.39 is 25.0 Å². The van der Waals surface area contributed by atoms with Gasteiger partial charge in [0.05, 0.1) is 24.7 Å². The fourth-order valence-electron chi connectivity index (χ4n) is 10.1. The highest BCUT2D eigenvalue weighted by Crippen LogP contribution is 2.70. The largest absolute Gasteiger partial charge is 0.504 e. The zero-order valence-corrected chi connectivity index (χ0v) is 33.0. The van der Waals surface area contributed by atoms with E-state index in [4.69, 9.17) is 28.0 Å². The van der Waals surface area contributed by atoms with Crippen molar-refractivity contribution in [3.63, 3.8) is 0 Å². The van der Waals surface area contributed by atoms with Crippen molar-refractivity contribution in [3.8, 4) is 0 Å². The van der Waals surface area contributed by atoms with E-state index >= 15 is 0 Å². The van der Waals surface area contributed by atoms with Crippen LogP contribution >= 0.6 is 0 Å². The van der Waals surface area contributed by atoms with Crippen LogP contribution in [0.2, 0.25) is 58.9 Å². The average molecular weight is 652 g/mol. The molecular weight excluding hydrogens is 587 g/mol. The number of nitrogens with zero attached hydrogens (tertiary/aromatic N) is 1. The van der Waals surface area contributed by atoms with Crippen molar-refractivity contribution in [2.45, 2.75) is 142 Å². The lowest BCUT2D eigenvalue weighted by Crippen LogP contribution is -2.62. The van der Waals surface area contributed by atoms with Crippen LogP contribution < -0.4 is 0 Å². The van der Waals surface area contributed by atoms with Crippen LogP contribution in [0.5, 0.6) is 0 Å². The molecule has 43 heavy (non-hydrogen) atoms. The fraction of sp³-hybridized carbons (Fsp3) is 0.912. The van der Waals surface area contributed by atoms with Crippen LogP contribution in [0.15, 0.2) is 17.0 Å². The summed E-state index contributed by atoms with van der Waals surface area (Å²) in [6.07, 6.45) is 12.6. The Morgan fingerprint density at radius 2 is 1.58 bits per heavy atom. The highest BCUT2D eigenvalue weighted by Gasteiger charge is 2.69. The van der Waals surface area contributed by atoms with Gasteiger partial charge in [-0.05, 0) is 145 Å². The number of rotatable bonds is 11. The Kier molecular flexibility index (Phi) is 10.4. The molecule has 0 amide bonds. The summed E-state index contributed by atoms with van der Waals surface area (Å²) >= 11 is 0. The second-order valence-corrected chi connectivity index (χ2v) is 31.1. The van der Waals surface area contributed by atoms with E-state index in [0.29, 0.717) is 36.4 Å². The van der Waals surface area contributed by atoms with Gasteiger partial charge in [-0.15, -0.1) is 0 Å². The first kappa shape index (κ1) is 35.4. The van der Waals surface area contributed by atoms with Gasteiger partial charge in [-0.1, -0.05) is 19.0 Å². The van der Waals surface area contributed by atoms with Gasteiger partial charge in [-0.2, -0.15) is 0 Å². The average Bonchev–Trinajstić information content (AvgIpc) is 3.13. The Balaban J connectivity index is 1.73. The second kappa shape index (κ2) is 12.6. The van der Waals surface area contributed by atoms with Crippen LogP contribution in [-0.4, -0.2) is 63.2 Å². The Hall–Kier alpha value is -0.459. The third kappa shape index (κ3) is 7.27. The van der Waals surface area contributed by atoms with Crippen LogP contribution in [0.25, 0.3) is 0 Å². The third-order valence-electron chi connectivity index (χ3n) is 11.3. The molecule has 4 aliphatic rings. The van der Waals surface area contributed by atoms with Gasteiger partial charge in [0.15, 0.2) is 25.0 Å². The molecule has 8 atom stereocenters. The lowest BCUT2D eigenvalue weighted by Gasteiger charge is -2.62. The van der Waals surface area contributed by atoms with Gasteiger partial charge in [0.25, 0.3) is 0 Å². The van der Waals surface area contributed by atoms with Crippen molar-refractivity contribution >= 4 is 30.7 Å². The number of oxime groups is 1. The molecule has 9 heteroatoms. The summed E-state index contributed by atoms with van der Waals surface area (Å²) in [5.41, 5.74) is 2.32. The molecule has 0 aromatic heterocycles. The van der Waals surface area contributed by atoms with Crippen molar-refractivity contribution < 1.29 is 22.9 Å². The summed E-state index contributed by atoms with van der Waals surface area (Å²) in [7, 11) is -1.63. The molecule has 0 aromatic carbocycles. The van der Waals surface area contributed by atoms with Gasteiger partial charge in [0.2, 0.25) is 0 Å². The first-order chi connectivity index (χ1) is 19.8. The summed E-state index contributed by atoms with van der Waals surface area (Å²) in [4.78, 5) is 5.70. The van der Waals surface area contributed by atoms with Gasteiger partial charge < -0.3 is 22.9 Å². The van der Waals surface area contributed by atoms with Gasteiger partial charge >= 0.3 is 0 Å². The van der Waals surface area contributed by atoms with Gasteiger partial charge in [0.1, 0.15) is 7.11 Å². The smallest absolute Gasteiger partial charge is 0.184 e. The number of methoxy groups -OCH3 is 1. The van der Waals surface area contributed by atoms with Crippen LogP contribution in [-0.2, 0) is 22.9 Å². The summed E-state index contributed by atoms with van der Waals surface area (Å²) in [5, 5.41) is 4.93. The monoisotopic (exact) mass is 651 g/mol. The second-order valence-electron chi connectivity index (χ2n) is 17.7. The van der Waals surface area contributed by atoms with E-state index in [1.54, 1.807) is 14.2 Å². The molecule has 0 spiro atoms. The molecule has 4 rings (SSSR count). The number of fused-ring (bicyclic) bond motifs is 5. The molecule has 0 bridgehead atoms. The normalized spacial score (nSPS) is 39.7. The zero-order valence-electron chi connectivity index (χ0n) is 30.0. The Morgan fingerprint density at radius 1 is 0.884 bits per heavy atom. The summed E-state index contributed by atoms with van der Waals surface area (Å²) in [6, 6.07) is 0. The summed E-state index contributed by atoms with van der Waals surface area (Å²) in [6.45, 7) is 26.7. The molecule has 4 saturated carbocycles. The Bertz CT molecular complexity index is 1050. The quantitative estimate of drug-likeness (QED) is 0.127. The maximum atomic E-state index is 7.49. The third-order valence-corrected chi connectivity index (χ3v) is 14.4. The molecule has 0 N–H and O–H groups in total. The highest BCUT2D eigenvalue weighted by molar-refractivity contribution is 6.70. The number of hydrogen-bond acceptors (Lipinski definition) is 6. The van der Waals surface area contributed by atoms with Crippen LogP contribution in [0.3, 0.4) is 0 Å². The van der Waals surface area contributed by atoms with Crippen molar-refractivity contribution in [2.75, 3.05) is 20.8 Å². The molecule has 0 aliphatic heterocycles. The maximum absolute atomic E-state index is 7.49. The van der Waals surface area contributed by atoms with Crippen molar-refractivity contribution in [3.05, 3.63) is 11.8 Å². The first-order valence-electron chi connectivity index (χ1n) is 17.1. The molecule has 248 valence electrons. The molecule has 4 fully saturated rings. The van der Waals surface area contributed by atoms with E-state index in [1.165, 1.54) is 49.8 Å². The molecule has 5 unspecified atom stereocenters. The van der Waals surface area contributed by atoms with E-state index in [0.717, 1.165) is 19.3 Å². The SMILES string of the molecule is CO/C=C(\CCO[Si](C)(C)C)[C@@]1(O[Si](C)(C)C)CCC2C3CCC4CC(O[Si](C)(C)C)CC[C@]4(C)C3C(=NOC)C[C@@]21C. The standard InChI is InChI=1S/C34H65NO5Si3/c1-32-19-16-27(39-42(8,9)10)22-25(32)14-15-28-29-17-20-34(40-43(11,12)13,26(24-36-3)18-21-38-41(5,6)7)33(29,2)23-30(31(28)32)35-37-4/h24-25,27-29,31H,14-23H2,1-13H3/b26-24+,35-30?/t25?,27?,28?,29?,31?,32-,33-,34-/m0/s1. The number of hydrogen-bond donors (Lipinski definition) is 0. The predicted molar refractivity (Wildman–Crippen MR) is 186 cm³/mol. The van der Waals surface area contributed by atoms with Gasteiger partial charge in [-0.3, -0.25) is 0 Å². The molecular formula is C34H65NO5Si3. The molecule has 0 radical (unpaired) electrons. The van der Waals surface area contributed by atoms with Gasteiger partial charge in [0, 0.05) is 24.0 Å².